The van der Waals surface area contributed by atoms with Crippen LogP contribution in [0.15, 0.2) is 225 Å². The molecule has 12 rings (SSSR count). The summed E-state index contributed by atoms with van der Waals surface area (Å²) in [6, 6.07) is 79.6. The predicted octanol–water partition coefficient (Wildman–Crippen LogP) is 15.9. The molecule has 2 heteroatoms. The van der Waals surface area contributed by atoms with Crippen molar-refractivity contribution in [2.24, 2.45) is 0 Å². The molecule has 0 bridgehead atoms. The number of hydrogen-bond donors (Lipinski definition) is 0. The van der Waals surface area contributed by atoms with Gasteiger partial charge in [0, 0.05) is 33.5 Å². The van der Waals surface area contributed by atoms with E-state index >= 15 is 0 Å². The molecule has 1 aliphatic rings. The van der Waals surface area contributed by atoms with Crippen LogP contribution in [-0.2, 0) is 0 Å². The molecule has 10 aromatic carbocycles. The lowest BCUT2D eigenvalue weighted by Gasteiger charge is -2.27. The van der Waals surface area contributed by atoms with Gasteiger partial charge in [-0.15, -0.1) is 0 Å². The second-order valence-corrected chi connectivity index (χ2v) is 15.8. The number of anilines is 3. The van der Waals surface area contributed by atoms with Crippen LogP contribution in [-0.4, -0.2) is 4.57 Å². The van der Waals surface area contributed by atoms with Gasteiger partial charge in [-0.25, -0.2) is 0 Å². The molecule has 2 nitrogen and oxygen atoms in total. The zero-order chi connectivity index (χ0) is 39.7. The molecule has 0 atom stereocenters. The third kappa shape index (κ3) is 5.42. The Morgan fingerprint density at radius 2 is 0.883 bits per heavy atom. The molecule has 1 aliphatic carbocycles. The summed E-state index contributed by atoms with van der Waals surface area (Å²) < 4.78 is 2.39. The van der Waals surface area contributed by atoms with Gasteiger partial charge >= 0.3 is 0 Å². The van der Waals surface area contributed by atoms with Gasteiger partial charge in [-0.3, -0.25) is 0 Å². The first-order valence-corrected chi connectivity index (χ1v) is 20.6. The molecule has 0 fully saturated rings. The van der Waals surface area contributed by atoms with Gasteiger partial charge in [-0.05, 0) is 138 Å². The Morgan fingerprint density at radius 1 is 0.317 bits per heavy atom. The van der Waals surface area contributed by atoms with Crippen molar-refractivity contribution in [3.05, 3.63) is 236 Å². The summed E-state index contributed by atoms with van der Waals surface area (Å²) in [5, 5.41) is 7.47. The summed E-state index contributed by atoms with van der Waals surface area (Å²) in [6.07, 6.45) is 0. The molecule has 11 aromatic rings. The fourth-order valence-corrected chi connectivity index (χ4v) is 9.54. The number of para-hydroxylation sites is 1. The average Bonchev–Trinajstić information content (AvgIpc) is 3.80. The Bertz CT molecular complexity index is 3480. The van der Waals surface area contributed by atoms with E-state index in [1.165, 1.54) is 87.9 Å². The van der Waals surface area contributed by atoms with Crippen molar-refractivity contribution in [2.45, 2.75) is 0 Å². The third-order valence-corrected chi connectivity index (χ3v) is 12.5. The molecule has 0 saturated carbocycles. The molecule has 1 aromatic heterocycles. The van der Waals surface area contributed by atoms with Gasteiger partial charge in [-0.2, -0.15) is 0 Å². The Balaban J connectivity index is 0.949. The maximum absolute atomic E-state index is 4.55. The molecular weight excluding hydrogens is 725 g/mol. The molecule has 0 unspecified atom stereocenters. The standard InChI is InChI=1S/C58H38N2/c1-38-49-14-7-8-16-52(49)53-33-31-48(37-55(38)53)59(47-30-32-51-44(35-47)20-19-42-13-5-6-15-50(42)51)45-26-23-41(24-27-45)43-25-34-58-56(36-43)54-17-9-10-18-57(54)60(58)46-28-21-40(22-29-46)39-11-3-2-4-12-39/h2-37H,1H2. The van der Waals surface area contributed by atoms with Crippen molar-refractivity contribution in [2.75, 3.05) is 4.90 Å². The second-order valence-electron chi connectivity index (χ2n) is 15.8. The molecule has 0 spiro atoms. The molecule has 0 N–H and O–H groups in total. The minimum absolute atomic E-state index is 1.07. The first-order valence-electron chi connectivity index (χ1n) is 20.6. The van der Waals surface area contributed by atoms with Crippen LogP contribution in [0.1, 0.15) is 11.1 Å². The van der Waals surface area contributed by atoms with Gasteiger partial charge in [-0.1, -0.05) is 158 Å². The molecule has 1 heterocycles. The number of nitrogens with zero attached hydrogens (tertiary/aromatic N) is 2. The van der Waals surface area contributed by atoms with E-state index in [4.69, 9.17) is 0 Å². The van der Waals surface area contributed by atoms with Crippen molar-refractivity contribution in [3.63, 3.8) is 0 Å². The second kappa shape index (κ2) is 13.6. The Labute approximate surface area is 349 Å². The minimum Gasteiger partial charge on any atom is -0.310 e. The van der Waals surface area contributed by atoms with Crippen molar-refractivity contribution in [1.82, 2.24) is 4.57 Å². The normalized spacial score (nSPS) is 12.0. The van der Waals surface area contributed by atoms with Crippen molar-refractivity contribution < 1.29 is 0 Å². The van der Waals surface area contributed by atoms with Crippen LogP contribution in [0, 0.1) is 0 Å². The Morgan fingerprint density at radius 3 is 1.73 bits per heavy atom. The lowest BCUT2D eigenvalue weighted by Crippen LogP contribution is -2.10. The predicted molar refractivity (Wildman–Crippen MR) is 255 cm³/mol. The van der Waals surface area contributed by atoms with E-state index in [2.05, 4.69) is 234 Å². The van der Waals surface area contributed by atoms with Crippen LogP contribution in [0.4, 0.5) is 17.1 Å². The highest BCUT2D eigenvalue weighted by Crippen LogP contribution is 2.47. The van der Waals surface area contributed by atoms with E-state index in [0.29, 0.717) is 0 Å². The van der Waals surface area contributed by atoms with E-state index in [0.717, 1.165) is 28.3 Å². The molecule has 0 saturated heterocycles. The van der Waals surface area contributed by atoms with Crippen LogP contribution in [0.3, 0.4) is 0 Å². The smallest absolute Gasteiger partial charge is 0.0541 e. The zero-order valence-corrected chi connectivity index (χ0v) is 32.9. The Hall–Kier alpha value is -7.94. The number of aromatic nitrogens is 1. The highest BCUT2D eigenvalue weighted by molar-refractivity contribution is 6.11. The lowest BCUT2D eigenvalue weighted by molar-refractivity contribution is 1.18. The molecule has 60 heavy (non-hydrogen) atoms. The van der Waals surface area contributed by atoms with Gasteiger partial charge in [0.1, 0.15) is 0 Å². The highest BCUT2D eigenvalue weighted by atomic mass is 15.1. The summed E-state index contributed by atoms with van der Waals surface area (Å²) >= 11 is 0. The summed E-state index contributed by atoms with van der Waals surface area (Å²) in [6.45, 7) is 4.55. The number of fused-ring (bicyclic) bond motifs is 9. The third-order valence-electron chi connectivity index (χ3n) is 12.5. The topological polar surface area (TPSA) is 8.17 Å². The van der Waals surface area contributed by atoms with Crippen LogP contribution < -0.4 is 4.90 Å². The quantitative estimate of drug-likeness (QED) is 0.153. The zero-order valence-electron chi connectivity index (χ0n) is 32.9. The minimum atomic E-state index is 1.07. The van der Waals surface area contributed by atoms with Crippen molar-refractivity contribution >= 4 is 66.0 Å². The van der Waals surface area contributed by atoms with E-state index in [-0.39, 0.29) is 0 Å². The van der Waals surface area contributed by atoms with Crippen molar-refractivity contribution in [3.8, 4) is 39.1 Å². The molecule has 0 aliphatic heterocycles. The number of benzene rings is 10. The molecule has 280 valence electrons. The van der Waals surface area contributed by atoms with Gasteiger partial charge < -0.3 is 9.47 Å². The monoisotopic (exact) mass is 762 g/mol. The van der Waals surface area contributed by atoms with E-state index in [1.807, 2.05) is 0 Å². The van der Waals surface area contributed by atoms with Crippen LogP contribution in [0.25, 0.3) is 88.0 Å². The number of hydrogen-bond acceptors (Lipinski definition) is 1. The van der Waals surface area contributed by atoms with E-state index in [1.54, 1.807) is 0 Å². The first kappa shape index (κ1) is 34.1. The number of rotatable bonds is 6. The average molecular weight is 763 g/mol. The SMILES string of the molecule is C=C1c2ccccc2-c2ccc(N(c3ccc(-c4ccc5c(c4)c4ccccc4n5-c4ccc(-c5ccccc5)cc4)cc3)c3ccc4c(ccc5ccccc54)c3)cc21. The Kier molecular flexibility index (Phi) is 7.73. The van der Waals surface area contributed by atoms with Crippen LogP contribution in [0.2, 0.25) is 0 Å². The van der Waals surface area contributed by atoms with Gasteiger partial charge in [0.2, 0.25) is 0 Å². The highest BCUT2D eigenvalue weighted by Gasteiger charge is 2.24. The molecule has 0 amide bonds. The summed E-state index contributed by atoms with van der Waals surface area (Å²) in [5.74, 6) is 0. The van der Waals surface area contributed by atoms with Crippen LogP contribution >= 0.6 is 0 Å². The largest absolute Gasteiger partial charge is 0.310 e. The fourth-order valence-electron chi connectivity index (χ4n) is 9.54. The molecular formula is C58H38N2. The maximum Gasteiger partial charge on any atom is 0.0541 e. The van der Waals surface area contributed by atoms with E-state index in [9.17, 15) is 0 Å². The maximum atomic E-state index is 4.55. The summed E-state index contributed by atoms with van der Waals surface area (Å²) in [5.41, 5.74) is 17.6. The summed E-state index contributed by atoms with van der Waals surface area (Å²) in [7, 11) is 0. The van der Waals surface area contributed by atoms with Gasteiger partial charge in [0.15, 0.2) is 0 Å². The van der Waals surface area contributed by atoms with Gasteiger partial charge in [0.25, 0.3) is 0 Å². The molecule has 0 radical (unpaired) electrons. The van der Waals surface area contributed by atoms with E-state index < -0.39 is 0 Å². The van der Waals surface area contributed by atoms with Crippen molar-refractivity contribution in [1.29, 1.82) is 0 Å². The fraction of sp³-hybridized carbons (Fsp3) is 0. The van der Waals surface area contributed by atoms with Crippen LogP contribution in [0.5, 0.6) is 0 Å². The van der Waals surface area contributed by atoms with Gasteiger partial charge in [0.05, 0.1) is 11.0 Å². The first-order chi connectivity index (χ1) is 29.7. The lowest BCUT2D eigenvalue weighted by atomic mass is 10.00. The summed E-state index contributed by atoms with van der Waals surface area (Å²) in [4.78, 5) is 2.38.